The number of carbonyl (C=O) groups excluding carboxylic acids is 14. The highest BCUT2D eigenvalue weighted by Crippen LogP contribution is 2.35. The predicted molar refractivity (Wildman–Crippen MR) is 458 cm³/mol. The average molecular weight is 1740 g/mol. The van der Waals surface area contributed by atoms with Crippen molar-refractivity contribution < 1.29 is 90.5 Å². The number of amides is 14. The van der Waals surface area contributed by atoms with E-state index in [2.05, 4.69) is 59.5 Å². The maximum atomic E-state index is 14.7. The maximum Gasteiger partial charge on any atom is 0.434 e. The lowest BCUT2D eigenvalue weighted by atomic mass is 9.95. The monoisotopic (exact) mass is 1740 g/mol. The third-order valence-electron chi connectivity index (χ3n) is 21.0. The van der Waals surface area contributed by atoms with Crippen LogP contribution in [0.3, 0.4) is 0 Å². The molecule has 1 aromatic heterocycles. The topological polar surface area (TPSA) is 425 Å². The number of nitrogens with zero attached hydrogens (tertiary/aromatic N) is 8. The van der Waals surface area contributed by atoms with Crippen molar-refractivity contribution in [3.63, 3.8) is 0 Å². The van der Waals surface area contributed by atoms with Crippen LogP contribution in [0.5, 0.6) is 0 Å². The van der Waals surface area contributed by atoms with Gasteiger partial charge in [-0.1, -0.05) is 115 Å². The number of carbonyl (C=O) groups is 14. The third kappa shape index (κ3) is 32.0. The van der Waals surface area contributed by atoms with Crippen molar-refractivity contribution in [1.82, 2.24) is 76.4 Å². The fourth-order valence-electron chi connectivity index (χ4n) is 13.9. The molecule has 1 heterocycles. The standard InChI is InChI=1S/C85H133ClF3N17O16/c1-25-61(98-69(110)43-66(107)52(15)28-27-29-68(109)91-34-35-92-75(113)55-30-32-59(33-31-55)106-73(85(87,88)89)60(44-93-106)76(114)97-58-41-56(86)40-57(42-58)96-67(108)26-2)81(119)100(19)45-70(111)101(20)62(36-46(3)4)78(116)99-71(50(11)12)84(122)102(21)63(37-47(5)6)77(115)94-53(16)74(112)95-54(17)80(118)103(22)64(38-48(7)8)82(120)104(23)65(39-49(9)10)83(121)105(24)72(51(13)14)79(117)90-18/h26,30-33,40-42,44,46-54,61-66,71-72,82,107,120H,2,25,27-29,34-39,43,45H2,1,3-24H3,(H,90,117)(H,91,109)(H,92,113)(H,94,115)(H,95,112)(H,96,108)(H,97,114)(H,98,110)(H,99,116)/t52-,53+,54-,61+,62+,63+,64+,65+,66+,71+,72+,82?/m1/s1. The van der Waals surface area contributed by atoms with Gasteiger partial charge in [0, 0.05) is 83.8 Å². The molecule has 0 fully saturated rings. The van der Waals surface area contributed by atoms with Gasteiger partial charge < -0.3 is 82.6 Å². The number of halogens is 4. The highest BCUT2D eigenvalue weighted by Gasteiger charge is 2.44. The molecule has 0 aliphatic heterocycles. The van der Waals surface area contributed by atoms with Crippen LogP contribution in [0, 0.1) is 41.4 Å². The highest BCUT2D eigenvalue weighted by atomic mass is 35.5. The van der Waals surface area contributed by atoms with Crippen LogP contribution in [0.2, 0.25) is 5.02 Å². The van der Waals surface area contributed by atoms with Gasteiger partial charge in [0.2, 0.25) is 70.9 Å². The van der Waals surface area contributed by atoms with E-state index in [1.165, 1.54) is 116 Å². The lowest BCUT2D eigenvalue weighted by Crippen LogP contribution is -2.62. The summed E-state index contributed by atoms with van der Waals surface area (Å²) < 4.78 is 44.1. The number of likely N-dealkylation sites (N-methyl/N-ethyl adjacent to an activating group) is 7. The number of aliphatic hydroxyl groups is 2. The molecule has 682 valence electrons. The van der Waals surface area contributed by atoms with Crippen LogP contribution < -0.4 is 47.9 Å². The number of aliphatic hydroxyl groups excluding tert-OH is 2. The Balaban J connectivity index is 1.59. The van der Waals surface area contributed by atoms with Gasteiger partial charge >= 0.3 is 6.18 Å². The Hall–Kier alpha value is -10.1. The fourth-order valence-corrected chi connectivity index (χ4v) is 14.2. The molecule has 37 heteroatoms. The number of benzene rings is 2. The van der Waals surface area contributed by atoms with Crippen LogP contribution in [-0.2, 0) is 63.7 Å². The van der Waals surface area contributed by atoms with Crippen molar-refractivity contribution in [1.29, 1.82) is 0 Å². The van der Waals surface area contributed by atoms with Gasteiger partial charge in [-0.2, -0.15) is 18.3 Å². The molecule has 3 rings (SSSR count). The molecule has 14 amide bonds. The molecule has 122 heavy (non-hydrogen) atoms. The fraction of sp³-hybridized carbons (Fsp3) is 0.635. The van der Waals surface area contributed by atoms with Crippen LogP contribution in [0.15, 0.2) is 61.3 Å². The number of hydrogen-bond donors (Lipinski definition) is 11. The maximum absolute atomic E-state index is 14.7. The number of rotatable bonds is 48. The van der Waals surface area contributed by atoms with Crippen LogP contribution in [-0.4, -0.2) is 268 Å². The van der Waals surface area contributed by atoms with Gasteiger partial charge in [-0.05, 0) is 156 Å². The van der Waals surface area contributed by atoms with E-state index in [1.54, 1.807) is 41.8 Å². The Bertz CT molecular complexity index is 4090. The number of anilines is 2. The first-order valence-electron chi connectivity index (χ1n) is 41.4. The van der Waals surface area contributed by atoms with Crippen LogP contribution in [0.1, 0.15) is 195 Å². The van der Waals surface area contributed by atoms with Gasteiger partial charge in [-0.15, -0.1) is 0 Å². The van der Waals surface area contributed by atoms with E-state index in [9.17, 15) is 90.5 Å². The molecule has 0 saturated carbocycles. The Morgan fingerprint density at radius 3 is 1.64 bits per heavy atom. The molecule has 0 bridgehead atoms. The van der Waals surface area contributed by atoms with Gasteiger partial charge in [0.15, 0.2) is 5.69 Å². The predicted octanol–water partition coefficient (Wildman–Crippen LogP) is 6.34. The second-order valence-electron chi connectivity index (χ2n) is 33.8. The molecule has 12 atom stereocenters. The zero-order valence-electron chi connectivity index (χ0n) is 75.0. The number of alkyl halides is 3. The van der Waals surface area contributed by atoms with E-state index in [4.69, 9.17) is 11.6 Å². The van der Waals surface area contributed by atoms with Crippen molar-refractivity contribution in [2.75, 3.05) is 79.6 Å². The molecule has 0 radical (unpaired) electrons. The van der Waals surface area contributed by atoms with Crippen LogP contribution in [0.4, 0.5) is 24.5 Å². The van der Waals surface area contributed by atoms with E-state index >= 15 is 0 Å². The summed E-state index contributed by atoms with van der Waals surface area (Å²) in [5.41, 5.74) is -2.22. The summed E-state index contributed by atoms with van der Waals surface area (Å²) in [4.78, 5) is 199. The summed E-state index contributed by atoms with van der Waals surface area (Å²) in [6, 6.07) is -0.947. The Morgan fingerprint density at radius 1 is 0.582 bits per heavy atom. The van der Waals surface area contributed by atoms with Crippen LogP contribution >= 0.6 is 11.6 Å². The zero-order chi connectivity index (χ0) is 93.0. The lowest BCUT2D eigenvalue weighted by molar-refractivity contribution is -0.153. The first-order chi connectivity index (χ1) is 56.7. The second-order valence-corrected chi connectivity index (χ2v) is 34.2. The van der Waals surface area contributed by atoms with Gasteiger partial charge in [-0.25, -0.2) is 4.68 Å². The minimum Gasteiger partial charge on any atom is -0.392 e. The highest BCUT2D eigenvalue weighted by molar-refractivity contribution is 6.31. The quantitative estimate of drug-likeness (QED) is 0.0167. The molecule has 3 aromatic rings. The normalized spacial score (nSPS) is 14.6. The van der Waals surface area contributed by atoms with Crippen molar-refractivity contribution in [3.8, 4) is 5.69 Å². The van der Waals surface area contributed by atoms with Crippen molar-refractivity contribution in [3.05, 3.63) is 83.2 Å². The summed E-state index contributed by atoms with van der Waals surface area (Å²) in [6.07, 6.45) is -4.78. The SMILES string of the molecule is C=CC(=O)Nc1cc(Cl)cc(NC(=O)c2cnn(-c3ccc(C(=O)NCCNC(=O)CCC[C@@H](C)[C@@H](O)CC(=O)N[C@@H](CC)C(=O)N(C)CC(=O)N(C)[C@@H](CC(C)C)C(=O)N[C@H](C(=O)N(C)[C@@H](CC(C)C)C(=O)N[C@@H](C)C(=O)N[C@H](C)C(=O)N(C)[C@@H](CC(C)C)C(O)N(C)[C@@H](CC(C)C)C(=O)N(C)[C@H](C(=O)NC)C(C)C)C(C)C)cc3)c2C(F)(F)F)c1. The molecule has 1 unspecified atom stereocenters. The minimum atomic E-state index is -5.08. The van der Waals surface area contributed by atoms with E-state index in [-0.39, 0.29) is 114 Å². The van der Waals surface area contributed by atoms with E-state index in [1.807, 2.05) is 69.2 Å². The first-order valence-corrected chi connectivity index (χ1v) is 41.8. The lowest BCUT2D eigenvalue weighted by Gasteiger charge is -2.42. The Kier molecular flexibility index (Phi) is 42.9. The summed E-state index contributed by atoms with van der Waals surface area (Å²) in [5.74, 6) is -10.5. The van der Waals surface area contributed by atoms with E-state index in [0.29, 0.717) is 30.4 Å². The molecule has 33 nitrogen and oxygen atoms in total. The van der Waals surface area contributed by atoms with E-state index in [0.717, 1.165) is 17.2 Å². The van der Waals surface area contributed by atoms with Gasteiger partial charge in [-0.3, -0.25) is 72.0 Å². The summed E-state index contributed by atoms with van der Waals surface area (Å²) in [7, 11) is 10.3. The number of aromatic nitrogens is 2. The summed E-state index contributed by atoms with van der Waals surface area (Å²) in [6.45, 7) is 31.1. The molecule has 0 spiro atoms. The molecule has 2 aromatic carbocycles. The molecule has 0 saturated heterocycles. The van der Waals surface area contributed by atoms with Crippen molar-refractivity contribution in [2.45, 2.75) is 241 Å². The molecule has 0 aliphatic carbocycles. The number of hydrogen-bond acceptors (Lipinski definition) is 18. The van der Waals surface area contributed by atoms with Gasteiger partial charge in [0.1, 0.15) is 48.5 Å². The average Bonchev–Trinajstić information content (AvgIpc) is 1.61. The summed E-state index contributed by atoms with van der Waals surface area (Å²) in [5, 5.41) is 50.6. The van der Waals surface area contributed by atoms with Crippen molar-refractivity contribution in [2.24, 2.45) is 41.4 Å². The smallest absolute Gasteiger partial charge is 0.392 e. The molecular formula is C85H133ClF3N17O16. The third-order valence-corrected chi connectivity index (χ3v) is 21.2. The molecule has 0 aliphatic rings. The number of nitrogens with one attached hydrogen (secondary N) is 9. The van der Waals surface area contributed by atoms with Crippen LogP contribution in [0.25, 0.3) is 5.69 Å². The minimum absolute atomic E-state index is 0.00268. The van der Waals surface area contributed by atoms with Crippen molar-refractivity contribution >= 4 is 106 Å². The Morgan fingerprint density at radius 2 is 1.11 bits per heavy atom. The molecule has 11 N–H and O–H groups in total. The molecular weight excluding hydrogens is 1610 g/mol. The zero-order valence-corrected chi connectivity index (χ0v) is 75.7. The van der Waals surface area contributed by atoms with Gasteiger partial charge in [0.25, 0.3) is 11.8 Å². The van der Waals surface area contributed by atoms with Gasteiger partial charge in [0.05, 0.1) is 48.6 Å². The summed E-state index contributed by atoms with van der Waals surface area (Å²) >= 11 is 6.11. The van der Waals surface area contributed by atoms with E-state index < -0.39 is 174 Å². The second kappa shape index (κ2) is 49.3. The Labute approximate surface area is 720 Å². The largest absolute Gasteiger partial charge is 0.434 e. The first kappa shape index (κ1) is 106.